The van der Waals surface area contributed by atoms with Gasteiger partial charge in [0.25, 0.3) is 0 Å². The standard InChI is InChI=1S/C34H46O3/c1-22-7-5-9-27(19-22)34(17-18-34)32(37)15-10-23(2)29-13-14-30-25(8-6-16-33(29,30)4)11-12-26-20-28(35)21-31(36)24(26)3/h5,7,9-12,15,19,23,28-32,35-37H,3,6,8,13-14,16-18,20-21H2,1-2,4H3/b15-10+,25-11+,26-12-/t23-,28-,29-,30+,31+,32-,33-/m1/s1. The van der Waals surface area contributed by atoms with Crippen LogP contribution in [0.1, 0.15) is 82.8 Å². The molecule has 7 atom stereocenters. The molecule has 1 aromatic rings. The Labute approximate surface area is 223 Å². The van der Waals surface area contributed by atoms with Crippen molar-refractivity contribution in [3.05, 3.63) is 83.0 Å². The molecule has 0 saturated heterocycles. The lowest BCUT2D eigenvalue weighted by atomic mass is 9.61. The number of hydrogen-bond acceptors (Lipinski definition) is 3. The number of fused-ring (bicyclic) bond motifs is 1. The monoisotopic (exact) mass is 502 g/mol. The number of aliphatic hydroxyl groups excluding tert-OH is 3. The quantitative estimate of drug-likeness (QED) is 0.378. The van der Waals surface area contributed by atoms with Crippen LogP contribution in [0.4, 0.5) is 0 Å². The van der Waals surface area contributed by atoms with Crippen molar-refractivity contribution >= 4 is 0 Å². The summed E-state index contributed by atoms with van der Waals surface area (Å²) < 4.78 is 0. The van der Waals surface area contributed by atoms with Crippen molar-refractivity contribution in [3.8, 4) is 0 Å². The molecule has 200 valence electrons. The van der Waals surface area contributed by atoms with Crippen LogP contribution in [0.3, 0.4) is 0 Å². The molecule has 4 aliphatic carbocycles. The number of rotatable bonds is 6. The summed E-state index contributed by atoms with van der Waals surface area (Å²) in [6.07, 6.45) is 16.4. The van der Waals surface area contributed by atoms with Crippen LogP contribution < -0.4 is 0 Å². The molecule has 0 aromatic heterocycles. The highest BCUT2D eigenvalue weighted by Gasteiger charge is 2.51. The molecule has 4 aliphatic rings. The van der Waals surface area contributed by atoms with Gasteiger partial charge in [-0.2, -0.15) is 0 Å². The van der Waals surface area contributed by atoms with Crippen molar-refractivity contribution in [2.75, 3.05) is 0 Å². The summed E-state index contributed by atoms with van der Waals surface area (Å²) in [5.74, 6) is 1.62. The minimum atomic E-state index is -0.635. The zero-order valence-electron chi connectivity index (χ0n) is 23.0. The van der Waals surface area contributed by atoms with Crippen LogP contribution in [-0.4, -0.2) is 33.6 Å². The van der Waals surface area contributed by atoms with E-state index in [2.05, 4.69) is 75.9 Å². The molecule has 0 radical (unpaired) electrons. The largest absolute Gasteiger partial charge is 0.393 e. The van der Waals surface area contributed by atoms with E-state index < -0.39 is 18.3 Å². The molecule has 0 amide bonds. The first kappa shape index (κ1) is 26.7. The molecule has 3 nitrogen and oxygen atoms in total. The van der Waals surface area contributed by atoms with Gasteiger partial charge in [0.05, 0.1) is 18.3 Å². The predicted molar refractivity (Wildman–Crippen MR) is 151 cm³/mol. The van der Waals surface area contributed by atoms with Gasteiger partial charge >= 0.3 is 0 Å². The molecule has 0 heterocycles. The summed E-state index contributed by atoms with van der Waals surface area (Å²) in [4.78, 5) is 0. The maximum atomic E-state index is 11.2. The lowest BCUT2D eigenvalue weighted by molar-refractivity contribution is 0.0862. The lowest BCUT2D eigenvalue weighted by Crippen LogP contribution is -2.35. The Hall–Kier alpha value is -1.94. The van der Waals surface area contributed by atoms with Crippen LogP contribution in [-0.2, 0) is 5.41 Å². The molecule has 0 bridgehead atoms. The third kappa shape index (κ3) is 5.07. The van der Waals surface area contributed by atoms with E-state index in [1.807, 2.05) is 0 Å². The van der Waals surface area contributed by atoms with Gasteiger partial charge in [0.2, 0.25) is 0 Å². The minimum absolute atomic E-state index is 0.0944. The molecule has 3 heteroatoms. The zero-order valence-corrected chi connectivity index (χ0v) is 23.0. The van der Waals surface area contributed by atoms with Gasteiger partial charge < -0.3 is 15.3 Å². The van der Waals surface area contributed by atoms with Crippen molar-refractivity contribution < 1.29 is 15.3 Å². The first-order valence-corrected chi connectivity index (χ1v) is 14.5. The molecule has 4 saturated carbocycles. The van der Waals surface area contributed by atoms with E-state index in [0.29, 0.717) is 30.6 Å². The van der Waals surface area contributed by atoms with E-state index in [1.54, 1.807) is 0 Å². The summed E-state index contributed by atoms with van der Waals surface area (Å²) in [6.45, 7) is 11.1. The zero-order chi connectivity index (χ0) is 26.4. The number of hydrogen-bond donors (Lipinski definition) is 3. The molecular weight excluding hydrogens is 456 g/mol. The summed E-state index contributed by atoms with van der Waals surface area (Å²) >= 11 is 0. The smallest absolute Gasteiger partial charge is 0.0817 e. The van der Waals surface area contributed by atoms with Gasteiger partial charge in [-0.25, -0.2) is 0 Å². The average molecular weight is 503 g/mol. The number of benzene rings is 1. The Kier molecular flexibility index (Phi) is 7.44. The number of aryl methyl sites for hydroxylation is 1. The van der Waals surface area contributed by atoms with Gasteiger partial charge in [0.15, 0.2) is 0 Å². The molecule has 0 spiro atoms. The Morgan fingerprint density at radius 3 is 2.59 bits per heavy atom. The van der Waals surface area contributed by atoms with E-state index >= 15 is 0 Å². The van der Waals surface area contributed by atoms with Crippen molar-refractivity contribution in [3.63, 3.8) is 0 Å². The van der Waals surface area contributed by atoms with Gasteiger partial charge in [-0.1, -0.05) is 80.1 Å². The first-order valence-electron chi connectivity index (χ1n) is 14.5. The fourth-order valence-electron chi connectivity index (χ4n) is 8.05. The van der Waals surface area contributed by atoms with Crippen LogP contribution in [0.15, 0.2) is 71.9 Å². The maximum Gasteiger partial charge on any atom is 0.0817 e. The molecule has 3 N–H and O–H groups in total. The normalized spacial score (nSPS) is 37.2. The highest BCUT2D eigenvalue weighted by molar-refractivity contribution is 5.39. The summed E-state index contributed by atoms with van der Waals surface area (Å²) in [5.41, 5.74) is 6.00. The number of allylic oxidation sites excluding steroid dienone is 4. The van der Waals surface area contributed by atoms with Crippen LogP contribution in [0.5, 0.6) is 0 Å². The van der Waals surface area contributed by atoms with Crippen LogP contribution in [0.2, 0.25) is 0 Å². The van der Waals surface area contributed by atoms with Gasteiger partial charge in [-0.15, -0.1) is 0 Å². The van der Waals surface area contributed by atoms with Gasteiger partial charge in [-0.05, 0) is 98.2 Å². The third-order valence-electron chi connectivity index (χ3n) is 10.5. The second-order valence-corrected chi connectivity index (χ2v) is 12.9. The average Bonchev–Trinajstić information content (AvgIpc) is 3.60. The molecule has 0 aliphatic heterocycles. The summed E-state index contributed by atoms with van der Waals surface area (Å²) in [6, 6.07) is 8.66. The fourth-order valence-corrected chi connectivity index (χ4v) is 8.05. The Bertz CT molecular complexity index is 1110. The highest BCUT2D eigenvalue weighted by Crippen LogP contribution is 2.60. The maximum absolute atomic E-state index is 11.2. The first-order chi connectivity index (χ1) is 17.6. The molecular formula is C34H46O3. The second-order valence-electron chi connectivity index (χ2n) is 12.9. The van der Waals surface area contributed by atoms with Crippen molar-refractivity contribution in [1.29, 1.82) is 0 Å². The van der Waals surface area contributed by atoms with Crippen LogP contribution in [0, 0.1) is 30.1 Å². The van der Waals surface area contributed by atoms with Gasteiger partial charge in [0, 0.05) is 11.8 Å². The Morgan fingerprint density at radius 1 is 1.08 bits per heavy atom. The molecule has 37 heavy (non-hydrogen) atoms. The Balaban J connectivity index is 1.29. The van der Waals surface area contributed by atoms with Gasteiger partial charge in [0.1, 0.15) is 0 Å². The second kappa shape index (κ2) is 10.3. The van der Waals surface area contributed by atoms with Crippen LogP contribution >= 0.6 is 0 Å². The highest BCUT2D eigenvalue weighted by atomic mass is 16.3. The third-order valence-corrected chi connectivity index (χ3v) is 10.5. The van der Waals surface area contributed by atoms with E-state index in [-0.39, 0.29) is 10.8 Å². The minimum Gasteiger partial charge on any atom is -0.393 e. The van der Waals surface area contributed by atoms with E-state index in [9.17, 15) is 15.3 Å². The van der Waals surface area contributed by atoms with Gasteiger partial charge in [-0.3, -0.25) is 0 Å². The Morgan fingerprint density at radius 2 is 1.86 bits per heavy atom. The van der Waals surface area contributed by atoms with Crippen LogP contribution in [0.25, 0.3) is 0 Å². The summed E-state index contributed by atoms with van der Waals surface area (Å²) in [5, 5.41) is 31.6. The predicted octanol–water partition coefficient (Wildman–Crippen LogP) is 6.72. The molecule has 1 aromatic carbocycles. The molecule has 4 fully saturated rings. The van der Waals surface area contributed by atoms with E-state index in [1.165, 1.54) is 42.4 Å². The SMILES string of the molecule is C=C1/C(=C\C=C2/CCC[C@]3(C)[C@@H]([C@H](C)/C=C/[C@@H](O)C4(c5cccc(C)c5)CC4)CC[C@@H]23)C[C@@H](O)C[C@@H]1O. The fraction of sp³-hybridized carbons (Fsp3) is 0.588. The van der Waals surface area contributed by atoms with Crippen molar-refractivity contribution in [1.82, 2.24) is 0 Å². The topological polar surface area (TPSA) is 60.7 Å². The molecule has 5 rings (SSSR count). The number of aliphatic hydroxyl groups is 3. The van der Waals surface area contributed by atoms with Crippen molar-refractivity contribution in [2.24, 2.45) is 23.2 Å². The van der Waals surface area contributed by atoms with E-state index in [0.717, 1.165) is 30.4 Å². The molecule has 0 unspecified atom stereocenters. The van der Waals surface area contributed by atoms with Crippen molar-refractivity contribution in [2.45, 2.75) is 102 Å². The summed E-state index contributed by atoms with van der Waals surface area (Å²) in [7, 11) is 0. The lowest BCUT2D eigenvalue weighted by Gasteiger charge is -2.44. The van der Waals surface area contributed by atoms with E-state index in [4.69, 9.17) is 0 Å².